The third kappa shape index (κ3) is 2.12. The highest BCUT2D eigenvalue weighted by atomic mass is 16.6. The van der Waals surface area contributed by atoms with Gasteiger partial charge in [0.05, 0.1) is 18.8 Å². The van der Waals surface area contributed by atoms with E-state index in [0.717, 1.165) is 6.42 Å². The number of ether oxygens (including phenoxy) is 1. The van der Waals surface area contributed by atoms with Gasteiger partial charge in [0, 0.05) is 6.54 Å². The number of carbonyl (C=O) groups excluding carboxylic acids is 1. The van der Waals surface area contributed by atoms with Gasteiger partial charge in [0.25, 0.3) is 0 Å². The Kier molecular flexibility index (Phi) is 3.54. The van der Waals surface area contributed by atoms with Crippen LogP contribution in [-0.4, -0.2) is 41.4 Å². The van der Waals surface area contributed by atoms with Crippen LogP contribution in [0, 0.1) is 0 Å². The summed E-state index contributed by atoms with van der Waals surface area (Å²) in [6, 6.07) is -0.0564. The molecule has 4 nitrogen and oxygen atoms in total. The minimum absolute atomic E-state index is 0.0564. The Labute approximate surface area is 78.5 Å². The van der Waals surface area contributed by atoms with Crippen molar-refractivity contribution >= 4 is 6.09 Å². The molecular formula is C9H17NO3. The van der Waals surface area contributed by atoms with Gasteiger partial charge < -0.3 is 14.7 Å². The molecule has 1 aliphatic rings. The fourth-order valence-electron chi connectivity index (χ4n) is 1.76. The monoisotopic (exact) mass is 187 g/mol. The molecule has 0 spiro atoms. The molecule has 76 valence electrons. The molecule has 13 heavy (non-hydrogen) atoms. The van der Waals surface area contributed by atoms with Crippen LogP contribution in [-0.2, 0) is 4.74 Å². The lowest BCUT2D eigenvalue weighted by Gasteiger charge is -2.23. The number of likely N-dealkylation sites (tertiary alicyclic amines) is 1. The molecule has 0 aromatic heterocycles. The van der Waals surface area contributed by atoms with Crippen LogP contribution in [0.5, 0.6) is 0 Å². The predicted molar refractivity (Wildman–Crippen MR) is 48.4 cm³/mol. The Hall–Kier alpha value is -0.770. The molecule has 0 saturated carbocycles. The molecule has 0 radical (unpaired) electrons. The van der Waals surface area contributed by atoms with Gasteiger partial charge in [-0.1, -0.05) is 6.92 Å². The van der Waals surface area contributed by atoms with Crippen molar-refractivity contribution in [3.8, 4) is 0 Å². The van der Waals surface area contributed by atoms with Gasteiger partial charge in [-0.2, -0.15) is 0 Å². The Balaban J connectivity index is 2.54. The molecule has 0 aromatic rings. The lowest BCUT2D eigenvalue weighted by molar-refractivity contribution is 0.0776. The summed E-state index contributed by atoms with van der Waals surface area (Å²) < 4.78 is 4.88. The van der Waals surface area contributed by atoms with Crippen molar-refractivity contribution in [3.63, 3.8) is 0 Å². The summed E-state index contributed by atoms with van der Waals surface area (Å²) in [5, 5.41) is 9.53. The summed E-state index contributed by atoms with van der Waals surface area (Å²) in [6.45, 7) is 4.75. The molecular weight excluding hydrogens is 170 g/mol. The van der Waals surface area contributed by atoms with Crippen LogP contribution in [0.4, 0.5) is 4.79 Å². The van der Waals surface area contributed by atoms with Gasteiger partial charge in [-0.25, -0.2) is 4.79 Å². The van der Waals surface area contributed by atoms with Crippen molar-refractivity contribution in [2.45, 2.75) is 38.8 Å². The molecule has 2 atom stereocenters. The van der Waals surface area contributed by atoms with Gasteiger partial charge in [-0.05, 0) is 19.8 Å². The summed E-state index contributed by atoms with van der Waals surface area (Å²) in [5.41, 5.74) is 0. The van der Waals surface area contributed by atoms with Crippen molar-refractivity contribution in [1.82, 2.24) is 4.90 Å². The van der Waals surface area contributed by atoms with Crippen LogP contribution in [0.1, 0.15) is 26.7 Å². The van der Waals surface area contributed by atoms with Gasteiger partial charge in [0.1, 0.15) is 0 Å². The predicted octanol–water partition coefficient (Wildman–Crippen LogP) is 0.988. The zero-order valence-electron chi connectivity index (χ0n) is 8.19. The molecule has 2 unspecified atom stereocenters. The smallest absolute Gasteiger partial charge is 0.410 e. The quantitative estimate of drug-likeness (QED) is 0.701. The first-order valence-corrected chi connectivity index (χ1v) is 4.82. The van der Waals surface area contributed by atoms with Gasteiger partial charge in [0.2, 0.25) is 0 Å². The SMILES string of the molecule is CCOC(=O)N1CCC(O)C1CC. The van der Waals surface area contributed by atoms with E-state index in [-0.39, 0.29) is 18.2 Å². The van der Waals surface area contributed by atoms with E-state index in [0.29, 0.717) is 19.6 Å². The summed E-state index contributed by atoms with van der Waals surface area (Å²) in [7, 11) is 0. The molecule has 0 bridgehead atoms. The fourth-order valence-corrected chi connectivity index (χ4v) is 1.76. The molecule has 1 rings (SSSR count). The summed E-state index contributed by atoms with van der Waals surface area (Å²) >= 11 is 0. The molecule has 0 aromatic carbocycles. The van der Waals surface area contributed by atoms with E-state index in [9.17, 15) is 9.90 Å². The number of carbonyl (C=O) groups is 1. The standard InChI is InChI=1S/C9H17NO3/c1-3-7-8(11)5-6-10(7)9(12)13-4-2/h7-8,11H,3-6H2,1-2H3. The second-order valence-electron chi connectivity index (χ2n) is 3.22. The maximum atomic E-state index is 11.4. The maximum Gasteiger partial charge on any atom is 0.410 e. The van der Waals surface area contributed by atoms with Gasteiger partial charge in [-0.3, -0.25) is 0 Å². The van der Waals surface area contributed by atoms with Crippen LogP contribution in [0.25, 0.3) is 0 Å². The Morgan fingerprint density at radius 2 is 2.31 bits per heavy atom. The average molecular weight is 187 g/mol. The zero-order chi connectivity index (χ0) is 9.84. The molecule has 4 heteroatoms. The zero-order valence-corrected chi connectivity index (χ0v) is 8.19. The summed E-state index contributed by atoms with van der Waals surface area (Å²) in [4.78, 5) is 13.0. The van der Waals surface area contributed by atoms with Crippen LogP contribution < -0.4 is 0 Å². The van der Waals surface area contributed by atoms with E-state index in [1.807, 2.05) is 6.92 Å². The van der Waals surface area contributed by atoms with Crippen LogP contribution in [0.15, 0.2) is 0 Å². The Morgan fingerprint density at radius 3 is 2.85 bits per heavy atom. The van der Waals surface area contributed by atoms with E-state index in [2.05, 4.69) is 0 Å². The second-order valence-corrected chi connectivity index (χ2v) is 3.22. The number of aliphatic hydroxyl groups excluding tert-OH is 1. The normalized spacial score (nSPS) is 27.8. The van der Waals surface area contributed by atoms with Crippen molar-refractivity contribution in [2.75, 3.05) is 13.2 Å². The number of aliphatic hydroxyl groups is 1. The highest BCUT2D eigenvalue weighted by molar-refractivity contribution is 5.68. The molecule has 1 aliphatic heterocycles. The summed E-state index contributed by atoms with van der Waals surface area (Å²) in [5.74, 6) is 0. The first-order chi connectivity index (χ1) is 6.20. The van der Waals surface area contributed by atoms with Crippen LogP contribution in [0.2, 0.25) is 0 Å². The van der Waals surface area contributed by atoms with Crippen molar-refractivity contribution < 1.29 is 14.6 Å². The largest absolute Gasteiger partial charge is 0.450 e. The summed E-state index contributed by atoms with van der Waals surface area (Å²) in [6.07, 6.45) is 0.761. The lowest BCUT2D eigenvalue weighted by atomic mass is 10.1. The van der Waals surface area contributed by atoms with Crippen LogP contribution >= 0.6 is 0 Å². The van der Waals surface area contributed by atoms with E-state index in [4.69, 9.17) is 4.74 Å². The number of hydrogen-bond donors (Lipinski definition) is 1. The molecule has 1 amide bonds. The van der Waals surface area contributed by atoms with Crippen molar-refractivity contribution in [3.05, 3.63) is 0 Å². The van der Waals surface area contributed by atoms with Gasteiger partial charge in [0.15, 0.2) is 0 Å². The minimum atomic E-state index is -0.380. The Morgan fingerprint density at radius 1 is 1.62 bits per heavy atom. The number of nitrogens with zero attached hydrogens (tertiary/aromatic N) is 1. The number of hydrogen-bond acceptors (Lipinski definition) is 3. The molecule has 1 N–H and O–H groups in total. The fraction of sp³-hybridized carbons (Fsp3) is 0.889. The third-order valence-electron chi connectivity index (χ3n) is 2.43. The molecule has 0 aliphatic carbocycles. The number of rotatable bonds is 2. The van der Waals surface area contributed by atoms with E-state index >= 15 is 0 Å². The third-order valence-corrected chi connectivity index (χ3v) is 2.43. The highest BCUT2D eigenvalue weighted by Crippen LogP contribution is 2.21. The lowest BCUT2D eigenvalue weighted by Crippen LogP contribution is -2.39. The van der Waals surface area contributed by atoms with E-state index in [1.54, 1.807) is 11.8 Å². The average Bonchev–Trinajstić information content (AvgIpc) is 2.47. The minimum Gasteiger partial charge on any atom is -0.450 e. The van der Waals surface area contributed by atoms with E-state index in [1.165, 1.54) is 0 Å². The molecule has 1 fully saturated rings. The van der Waals surface area contributed by atoms with Crippen molar-refractivity contribution in [2.24, 2.45) is 0 Å². The van der Waals surface area contributed by atoms with Crippen molar-refractivity contribution in [1.29, 1.82) is 0 Å². The first kappa shape index (κ1) is 10.3. The van der Waals surface area contributed by atoms with Crippen LogP contribution in [0.3, 0.4) is 0 Å². The number of amides is 1. The Bertz CT molecular complexity index is 184. The van der Waals surface area contributed by atoms with Gasteiger partial charge >= 0.3 is 6.09 Å². The topological polar surface area (TPSA) is 49.8 Å². The van der Waals surface area contributed by atoms with Gasteiger partial charge in [-0.15, -0.1) is 0 Å². The maximum absolute atomic E-state index is 11.4. The first-order valence-electron chi connectivity index (χ1n) is 4.82. The highest BCUT2D eigenvalue weighted by Gasteiger charge is 2.35. The second kappa shape index (κ2) is 4.46. The molecule has 1 saturated heterocycles. The molecule has 1 heterocycles. The van der Waals surface area contributed by atoms with E-state index < -0.39 is 0 Å².